The van der Waals surface area contributed by atoms with Crippen molar-refractivity contribution in [1.82, 2.24) is 4.90 Å². The third-order valence-electron chi connectivity index (χ3n) is 5.07. The Balaban J connectivity index is 2.24. The van der Waals surface area contributed by atoms with E-state index in [9.17, 15) is 19.6 Å². The minimum absolute atomic E-state index is 0.0567. The molecule has 1 aromatic carbocycles. The predicted molar refractivity (Wildman–Crippen MR) is 101 cm³/mol. The number of benzene rings is 1. The zero-order chi connectivity index (χ0) is 19.3. The zero-order valence-corrected chi connectivity index (χ0v) is 15.7. The number of nitrogens with zero attached hydrogens (tertiary/aromatic N) is 1. The molecule has 1 amide bonds. The highest BCUT2D eigenvalue weighted by Crippen LogP contribution is 2.25. The average Bonchev–Trinajstić information content (AvgIpc) is 2.64. The molecule has 0 heterocycles. The van der Waals surface area contributed by atoms with E-state index in [-0.39, 0.29) is 34.6 Å². The van der Waals surface area contributed by atoms with Crippen molar-refractivity contribution >= 4 is 24.8 Å². The third-order valence-corrected chi connectivity index (χ3v) is 5.07. The molecule has 0 spiro atoms. The van der Waals surface area contributed by atoms with E-state index in [4.69, 9.17) is 4.74 Å². The monoisotopic (exact) mass is 361 g/mol. The number of aldehydes is 1. The number of ether oxygens (including phenoxy) is 1. The van der Waals surface area contributed by atoms with Gasteiger partial charge < -0.3 is 19.7 Å². The summed E-state index contributed by atoms with van der Waals surface area (Å²) in [5.74, 6) is -0.0239. The topological polar surface area (TPSA) is 87.1 Å². The maximum Gasteiger partial charge on any atom is 0.489 e. The molecule has 0 saturated heterocycles. The molecule has 2 N–H and O–H groups in total. The fourth-order valence-corrected chi connectivity index (χ4v) is 3.47. The van der Waals surface area contributed by atoms with Gasteiger partial charge in [-0.2, -0.15) is 0 Å². The molecule has 1 aromatic rings. The van der Waals surface area contributed by atoms with Crippen LogP contribution in [0, 0.1) is 5.92 Å². The van der Waals surface area contributed by atoms with Crippen LogP contribution in [0.1, 0.15) is 56.3 Å². The Morgan fingerprint density at radius 1 is 1.27 bits per heavy atom. The van der Waals surface area contributed by atoms with E-state index >= 15 is 0 Å². The highest BCUT2D eigenvalue weighted by atomic mass is 16.5. The largest absolute Gasteiger partial charge is 0.489 e. The van der Waals surface area contributed by atoms with E-state index < -0.39 is 13.2 Å². The fraction of sp³-hybridized carbons (Fsp3) is 0.579. The van der Waals surface area contributed by atoms with Gasteiger partial charge in [0.2, 0.25) is 0 Å². The summed E-state index contributed by atoms with van der Waals surface area (Å²) in [5, 5.41) is 18.9. The maximum absolute atomic E-state index is 13.0. The van der Waals surface area contributed by atoms with Gasteiger partial charge in [0.1, 0.15) is 5.75 Å². The Kier molecular flexibility index (Phi) is 7.23. The van der Waals surface area contributed by atoms with E-state index in [1.54, 1.807) is 17.0 Å². The van der Waals surface area contributed by atoms with Crippen LogP contribution in [0.4, 0.5) is 0 Å². The van der Waals surface area contributed by atoms with Crippen molar-refractivity contribution in [3.05, 3.63) is 23.8 Å². The lowest BCUT2D eigenvalue weighted by Gasteiger charge is -2.35. The van der Waals surface area contributed by atoms with Crippen LogP contribution in [0.25, 0.3) is 0 Å². The lowest BCUT2D eigenvalue weighted by Crippen LogP contribution is -2.48. The second kappa shape index (κ2) is 9.19. The van der Waals surface area contributed by atoms with Gasteiger partial charge >= 0.3 is 7.12 Å². The van der Waals surface area contributed by atoms with E-state index in [2.05, 4.69) is 0 Å². The summed E-state index contributed by atoms with van der Waals surface area (Å²) < 4.78 is 5.92. The molecule has 0 aromatic heterocycles. The van der Waals surface area contributed by atoms with Crippen LogP contribution in [-0.4, -0.2) is 53.5 Å². The van der Waals surface area contributed by atoms with Crippen molar-refractivity contribution in [1.29, 1.82) is 0 Å². The Morgan fingerprint density at radius 2 is 1.92 bits per heavy atom. The lowest BCUT2D eigenvalue weighted by molar-refractivity contribution is -0.142. The number of amides is 1. The van der Waals surface area contributed by atoms with Gasteiger partial charge in [-0.1, -0.05) is 45.2 Å². The fourth-order valence-electron chi connectivity index (χ4n) is 3.47. The number of hydrogen-bond acceptors (Lipinski definition) is 5. The Bertz CT molecular complexity index is 628. The molecular weight excluding hydrogens is 333 g/mol. The van der Waals surface area contributed by atoms with E-state index in [0.29, 0.717) is 6.29 Å². The van der Waals surface area contributed by atoms with Gasteiger partial charge in [0, 0.05) is 13.1 Å². The second-order valence-corrected chi connectivity index (χ2v) is 7.27. The summed E-state index contributed by atoms with van der Waals surface area (Å²) in [4.78, 5) is 26.3. The number of carbonyl (C=O) groups excluding carboxylic acids is 2. The van der Waals surface area contributed by atoms with Crippen LogP contribution < -0.4 is 10.2 Å². The molecule has 0 radical (unpaired) electrons. The van der Waals surface area contributed by atoms with Crippen molar-refractivity contribution in [3.63, 3.8) is 0 Å². The lowest BCUT2D eigenvalue weighted by atomic mass is 9.77. The Morgan fingerprint density at radius 3 is 2.46 bits per heavy atom. The van der Waals surface area contributed by atoms with Crippen LogP contribution in [-0.2, 0) is 4.79 Å². The zero-order valence-electron chi connectivity index (χ0n) is 15.7. The number of likely N-dealkylation sites (N-methyl/N-ethyl adjacent to an activating group) is 1. The Hall–Kier alpha value is -1.86. The summed E-state index contributed by atoms with van der Waals surface area (Å²) in [5.41, 5.74) is 0.120. The van der Waals surface area contributed by atoms with Crippen LogP contribution in [0.2, 0.25) is 0 Å². The minimum atomic E-state index is -1.78. The summed E-state index contributed by atoms with van der Waals surface area (Å²) in [6, 6.07) is 4.81. The predicted octanol–water partition coefficient (Wildman–Crippen LogP) is 1.37. The molecule has 1 unspecified atom stereocenters. The first-order valence-corrected chi connectivity index (χ1v) is 9.24. The number of carbonyl (C=O) groups is 2. The van der Waals surface area contributed by atoms with Gasteiger partial charge in [-0.05, 0) is 30.3 Å². The number of hydrogen-bond donors (Lipinski definition) is 2. The molecule has 1 aliphatic rings. The van der Waals surface area contributed by atoms with Crippen LogP contribution >= 0.6 is 0 Å². The van der Waals surface area contributed by atoms with Gasteiger partial charge in [0.25, 0.3) is 5.91 Å². The molecule has 2 rings (SSSR count). The van der Waals surface area contributed by atoms with Crippen molar-refractivity contribution in [2.24, 2.45) is 5.92 Å². The molecule has 6 nitrogen and oxygen atoms in total. The minimum Gasteiger partial charge on any atom is -0.480 e. The first-order valence-electron chi connectivity index (χ1n) is 9.24. The van der Waals surface area contributed by atoms with Gasteiger partial charge in [-0.25, -0.2) is 0 Å². The normalized spacial score (nSPS) is 16.2. The maximum atomic E-state index is 13.0. The van der Waals surface area contributed by atoms with Crippen molar-refractivity contribution in [2.75, 3.05) is 7.05 Å². The Labute approximate surface area is 155 Å². The SMILES string of the molecule is CC(C)C(Oc1cccc(B(O)O)c1C=O)C(=O)N(C)C1CCCCC1. The molecule has 26 heavy (non-hydrogen) atoms. The molecule has 0 aliphatic heterocycles. The molecule has 1 aliphatic carbocycles. The molecule has 142 valence electrons. The molecular formula is C19H28BNO5. The first kappa shape index (κ1) is 20.5. The van der Waals surface area contributed by atoms with E-state index in [1.807, 2.05) is 20.9 Å². The van der Waals surface area contributed by atoms with E-state index in [1.165, 1.54) is 12.5 Å². The van der Waals surface area contributed by atoms with Crippen LogP contribution in [0.15, 0.2) is 18.2 Å². The van der Waals surface area contributed by atoms with Gasteiger partial charge in [0.15, 0.2) is 12.4 Å². The average molecular weight is 361 g/mol. The molecule has 0 bridgehead atoms. The second-order valence-electron chi connectivity index (χ2n) is 7.27. The van der Waals surface area contributed by atoms with Crippen molar-refractivity contribution < 1.29 is 24.4 Å². The van der Waals surface area contributed by atoms with Gasteiger partial charge in [-0.3, -0.25) is 9.59 Å². The molecule has 7 heteroatoms. The molecule has 1 saturated carbocycles. The number of rotatable bonds is 7. The quantitative estimate of drug-likeness (QED) is 0.566. The standard InChI is InChI=1S/C19H28BNO5/c1-13(2)18(19(23)21(3)14-8-5-4-6-9-14)26-17-11-7-10-16(20(24)25)15(17)12-22/h7,10-14,18,24-25H,4-6,8-9H2,1-3H3. The van der Waals surface area contributed by atoms with Gasteiger partial charge in [-0.15, -0.1) is 0 Å². The summed E-state index contributed by atoms with van der Waals surface area (Å²) in [6.45, 7) is 3.78. The van der Waals surface area contributed by atoms with Gasteiger partial charge in [0.05, 0.1) is 5.56 Å². The summed E-state index contributed by atoms with van der Waals surface area (Å²) in [7, 11) is 0.0304. The molecule has 1 atom stereocenters. The smallest absolute Gasteiger partial charge is 0.480 e. The van der Waals surface area contributed by atoms with Crippen molar-refractivity contribution in [2.45, 2.75) is 58.1 Å². The van der Waals surface area contributed by atoms with E-state index in [0.717, 1.165) is 25.7 Å². The molecule has 1 fully saturated rings. The highest BCUT2D eigenvalue weighted by molar-refractivity contribution is 6.60. The highest BCUT2D eigenvalue weighted by Gasteiger charge is 2.32. The van der Waals surface area contributed by atoms with Crippen LogP contribution in [0.3, 0.4) is 0 Å². The van der Waals surface area contributed by atoms with Crippen LogP contribution in [0.5, 0.6) is 5.75 Å². The first-order chi connectivity index (χ1) is 12.4. The van der Waals surface area contributed by atoms with Crippen molar-refractivity contribution in [3.8, 4) is 5.75 Å². The summed E-state index contributed by atoms with van der Waals surface area (Å²) >= 11 is 0. The third kappa shape index (κ3) is 4.65. The summed E-state index contributed by atoms with van der Waals surface area (Å²) in [6.07, 6.45) is 5.24.